The summed E-state index contributed by atoms with van der Waals surface area (Å²) in [6.45, 7) is 15.0. The van der Waals surface area contributed by atoms with Crippen molar-refractivity contribution in [2.75, 3.05) is 27.2 Å². The third-order valence-corrected chi connectivity index (χ3v) is 5.79. The van der Waals surface area contributed by atoms with E-state index in [1.807, 2.05) is 0 Å². The first-order valence-electron chi connectivity index (χ1n) is 11.8. The molecule has 0 saturated carbocycles. The van der Waals surface area contributed by atoms with Crippen LogP contribution in [0, 0.1) is 0 Å². The highest BCUT2D eigenvalue weighted by Crippen LogP contribution is 2.20. The molecule has 0 unspecified atom stereocenters. The molecule has 0 aromatic rings. The van der Waals surface area contributed by atoms with Crippen LogP contribution in [0.1, 0.15) is 104 Å². The van der Waals surface area contributed by atoms with Crippen LogP contribution in [0.2, 0.25) is 0 Å². The molecule has 0 aliphatic heterocycles. The molecule has 0 aliphatic carbocycles. The monoisotopic (exact) mass is 379 g/mol. The summed E-state index contributed by atoms with van der Waals surface area (Å²) in [4.78, 5) is 0. The molecule has 0 N–H and O–H groups in total. The quantitative estimate of drug-likeness (QED) is 0.0914. The lowest BCUT2D eigenvalue weighted by atomic mass is 10.1. The van der Waals surface area contributed by atoms with Crippen molar-refractivity contribution in [2.45, 2.75) is 110 Å². The first-order chi connectivity index (χ1) is 13.0. The van der Waals surface area contributed by atoms with Crippen LogP contribution < -0.4 is 0 Å². The maximum Gasteiger partial charge on any atom is 0.0959 e. The molecule has 0 aliphatic rings. The molecule has 2 nitrogen and oxygen atoms in total. The summed E-state index contributed by atoms with van der Waals surface area (Å²) in [6.07, 6.45) is 22.9. The average molecular weight is 380 g/mol. The molecule has 0 rings (SSSR count). The molecular formula is C25H51N2+. The number of unbranched alkanes of at least 4 members (excludes halogenated alkanes) is 10. The highest BCUT2D eigenvalue weighted by Gasteiger charge is 2.30. The van der Waals surface area contributed by atoms with Gasteiger partial charge in [0.2, 0.25) is 0 Å². The van der Waals surface area contributed by atoms with E-state index in [0.29, 0.717) is 6.04 Å². The van der Waals surface area contributed by atoms with Crippen molar-refractivity contribution in [1.29, 1.82) is 0 Å². The van der Waals surface area contributed by atoms with Crippen LogP contribution in [0.5, 0.6) is 0 Å². The van der Waals surface area contributed by atoms with Gasteiger partial charge in [-0.25, -0.2) is 4.59 Å². The van der Waals surface area contributed by atoms with Gasteiger partial charge in [-0.05, 0) is 32.1 Å². The molecule has 2 heteroatoms. The van der Waals surface area contributed by atoms with Gasteiger partial charge in [0.05, 0.1) is 26.7 Å². The van der Waals surface area contributed by atoms with Gasteiger partial charge in [0, 0.05) is 6.54 Å². The van der Waals surface area contributed by atoms with E-state index in [4.69, 9.17) is 0 Å². The molecule has 0 amide bonds. The largest absolute Gasteiger partial charge is 0.248 e. The molecular weight excluding hydrogens is 328 g/mol. The zero-order chi connectivity index (χ0) is 20.4. The van der Waals surface area contributed by atoms with Crippen LogP contribution in [-0.2, 0) is 0 Å². The normalized spacial score (nSPS) is 12.1. The second-order valence-corrected chi connectivity index (χ2v) is 8.75. The molecule has 0 atom stereocenters. The zero-order valence-electron chi connectivity index (χ0n) is 19.4. The maximum absolute atomic E-state index is 3.99. The summed E-state index contributed by atoms with van der Waals surface area (Å²) >= 11 is 0. The summed E-state index contributed by atoms with van der Waals surface area (Å²) in [6, 6.07) is 0.532. The highest BCUT2D eigenvalue weighted by atomic mass is 15.7. The minimum atomic E-state index is 0.532. The molecule has 0 aromatic heterocycles. The van der Waals surface area contributed by atoms with E-state index in [1.165, 1.54) is 90.1 Å². The fourth-order valence-electron chi connectivity index (χ4n) is 4.05. The van der Waals surface area contributed by atoms with E-state index < -0.39 is 0 Å². The van der Waals surface area contributed by atoms with Gasteiger partial charge >= 0.3 is 0 Å². The van der Waals surface area contributed by atoms with Crippen molar-refractivity contribution < 1.29 is 4.59 Å². The molecule has 0 aromatic carbocycles. The van der Waals surface area contributed by atoms with Gasteiger partial charge in [-0.2, -0.15) is 5.01 Å². The summed E-state index contributed by atoms with van der Waals surface area (Å²) < 4.78 is 1.00. The lowest BCUT2D eigenvalue weighted by Gasteiger charge is -2.44. The van der Waals surface area contributed by atoms with E-state index >= 15 is 0 Å². The van der Waals surface area contributed by atoms with Gasteiger partial charge in [-0.1, -0.05) is 83.8 Å². The molecule has 0 radical (unpaired) electrons. The Labute approximate surface area is 172 Å². The van der Waals surface area contributed by atoms with Gasteiger partial charge < -0.3 is 0 Å². The molecule has 0 spiro atoms. The predicted octanol–water partition coefficient (Wildman–Crippen LogP) is 7.52. The Morgan fingerprint density at radius 3 is 1.59 bits per heavy atom. The number of hydrogen-bond acceptors (Lipinski definition) is 1. The first-order valence-corrected chi connectivity index (χ1v) is 11.8. The van der Waals surface area contributed by atoms with Crippen LogP contribution in [0.15, 0.2) is 25.3 Å². The van der Waals surface area contributed by atoms with Crippen LogP contribution in [0.25, 0.3) is 0 Å². The summed E-state index contributed by atoms with van der Waals surface area (Å²) in [7, 11) is 4.78. The lowest BCUT2D eigenvalue weighted by Crippen LogP contribution is -2.59. The van der Waals surface area contributed by atoms with Crippen molar-refractivity contribution in [1.82, 2.24) is 5.01 Å². The molecule has 27 heavy (non-hydrogen) atoms. The van der Waals surface area contributed by atoms with Gasteiger partial charge in [-0.3, -0.25) is 0 Å². The molecule has 0 fully saturated rings. The molecule has 0 heterocycles. The fraction of sp³-hybridized carbons (Fsp3) is 0.840. The van der Waals surface area contributed by atoms with Crippen molar-refractivity contribution >= 4 is 0 Å². The Kier molecular flexibility index (Phi) is 17.1. The van der Waals surface area contributed by atoms with Gasteiger partial charge in [0.15, 0.2) is 0 Å². The van der Waals surface area contributed by atoms with E-state index in [-0.39, 0.29) is 0 Å². The van der Waals surface area contributed by atoms with Crippen molar-refractivity contribution in [2.24, 2.45) is 0 Å². The Balaban J connectivity index is 4.26. The predicted molar refractivity (Wildman–Crippen MR) is 124 cm³/mol. The van der Waals surface area contributed by atoms with Gasteiger partial charge in [0.25, 0.3) is 0 Å². The molecule has 0 saturated heterocycles. The topological polar surface area (TPSA) is 3.24 Å². The van der Waals surface area contributed by atoms with Gasteiger partial charge in [0.1, 0.15) is 0 Å². The smallest absolute Gasteiger partial charge is 0.0959 e. The van der Waals surface area contributed by atoms with Crippen LogP contribution in [-0.4, -0.2) is 42.8 Å². The van der Waals surface area contributed by atoms with Crippen molar-refractivity contribution in [3.8, 4) is 0 Å². The average Bonchev–Trinajstić information content (AvgIpc) is 2.63. The minimum Gasteiger partial charge on any atom is -0.248 e. The number of quaternary nitrogens is 1. The second kappa shape index (κ2) is 17.5. The maximum atomic E-state index is 3.99. The van der Waals surface area contributed by atoms with Crippen molar-refractivity contribution in [3.05, 3.63) is 25.3 Å². The minimum absolute atomic E-state index is 0.532. The summed E-state index contributed by atoms with van der Waals surface area (Å²) in [5.41, 5.74) is 0. The fourth-order valence-corrected chi connectivity index (χ4v) is 4.05. The summed E-state index contributed by atoms with van der Waals surface area (Å²) in [5.74, 6) is 0. The van der Waals surface area contributed by atoms with Crippen molar-refractivity contribution in [3.63, 3.8) is 0 Å². The number of nitrogens with zero attached hydrogens (tertiary/aromatic N) is 2. The SMILES string of the molecule is C=CCC(CC=C)N(CCCC)[N+](C)(C)CCCCCCCCCCCC. The third-order valence-electron chi connectivity index (χ3n) is 5.79. The Bertz CT molecular complexity index is 338. The first kappa shape index (κ1) is 26.4. The second-order valence-electron chi connectivity index (χ2n) is 8.75. The Hall–Kier alpha value is -0.600. The van der Waals surface area contributed by atoms with Crippen LogP contribution in [0.3, 0.4) is 0 Å². The van der Waals surface area contributed by atoms with E-state index in [0.717, 1.165) is 17.4 Å². The van der Waals surface area contributed by atoms with Crippen LogP contribution in [0.4, 0.5) is 0 Å². The number of rotatable bonds is 20. The van der Waals surface area contributed by atoms with E-state index in [9.17, 15) is 0 Å². The Morgan fingerprint density at radius 2 is 1.15 bits per heavy atom. The highest BCUT2D eigenvalue weighted by molar-refractivity contribution is 4.84. The van der Waals surface area contributed by atoms with E-state index in [1.54, 1.807) is 0 Å². The third kappa shape index (κ3) is 13.2. The van der Waals surface area contributed by atoms with E-state index in [2.05, 4.69) is 58.3 Å². The zero-order valence-corrected chi connectivity index (χ0v) is 19.4. The van der Waals surface area contributed by atoms with Crippen LogP contribution >= 0.6 is 0 Å². The molecule has 160 valence electrons. The Morgan fingerprint density at radius 1 is 0.704 bits per heavy atom. The number of hydrogen-bond donors (Lipinski definition) is 0. The summed E-state index contributed by atoms with van der Waals surface area (Å²) in [5, 5.41) is 2.70. The lowest BCUT2D eigenvalue weighted by molar-refractivity contribution is -1.01. The standard InChI is InChI=1S/C25H51N2/c1-7-11-13-14-15-16-17-18-19-20-24-27(5,6)26(23-12-8-2)25(21-9-3)22-10-4/h9-10,25H,3-4,7-8,11-24H2,1-2,5-6H3/q+1. The molecule has 0 bridgehead atoms. The van der Waals surface area contributed by atoms with Gasteiger partial charge in [-0.15, -0.1) is 13.2 Å².